The van der Waals surface area contributed by atoms with Crippen molar-refractivity contribution in [1.82, 2.24) is 0 Å². The Morgan fingerprint density at radius 2 is 0.500 bits per heavy atom. The highest BCUT2D eigenvalue weighted by molar-refractivity contribution is 5.52. The Hall–Kier alpha value is -0.940. The fourth-order valence-electron chi connectivity index (χ4n) is 4.61. The Labute approximate surface area is 189 Å². The van der Waals surface area contributed by atoms with Gasteiger partial charge in [0, 0.05) is 22.3 Å². The van der Waals surface area contributed by atoms with Crippen LogP contribution in [0.5, 0.6) is 0 Å². The maximum atomic E-state index is 2.37. The molecule has 0 aliphatic carbocycles. The third kappa shape index (κ3) is 8.30. The van der Waals surface area contributed by atoms with Gasteiger partial charge in [0.1, 0.15) is 26.2 Å². The van der Waals surface area contributed by atoms with Crippen molar-refractivity contribution < 1.29 is 17.9 Å². The Bertz CT molecular complexity index is 600. The molecule has 0 fully saturated rings. The third-order valence-electron chi connectivity index (χ3n) is 5.42. The number of rotatable bonds is 10. The number of quaternary nitrogens is 4. The lowest BCUT2D eigenvalue weighted by Crippen LogP contribution is -2.40. The average molecular weight is 423 g/mol. The molecule has 1 aromatic rings. The first-order chi connectivity index (χ1) is 13.3. The lowest BCUT2D eigenvalue weighted by atomic mass is 9.82. The molecular weight excluding hydrogens is 368 g/mol. The minimum absolute atomic E-state index is 0.971. The van der Waals surface area contributed by atoms with Crippen molar-refractivity contribution in [3.05, 3.63) is 33.4 Å². The van der Waals surface area contributed by atoms with Crippen LogP contribution in [0.25, 0.3) is 0 Å². The van der Waals surface area contributed by atoms with Crippen molar-refractivity contribution in [2.24, 2.45) is 0 Å². The smallest absolute Gasteiger partial charge is 0.105 e. The van der Waals surface area contributed by atoms with E-state index < -0.39 is 0 Å². The largest absolute Gasteiger partial charge is 0.327 e. The number of benzene rings is 1. The maximum Gasteiger partial charge on any atom is 0.105 e. The van der Waals surface area contributed by atoms with Gasteiger partial charge in [-0.1, -0.05) is 13.8 Å². The molecule has 0 aromatic heterocycles. The Balaban J connectivity index is 4.09. The van der Waals surface area contributed by atoms with Crippen molar-refractivity contribution in [3.8, 4) is 0 Å². The van der Waals surface area contributed by atoms with E-state index in [0.29, 0.717) is 0 Å². The summed E-state index contributed by atoms with van der Waals surface area (Å²) < 4.78 is 3.88. The van der Waals surface area contributed by atoms with Crippen LogP contribution in [0.2, 0.25) is 0 Å². The van der Waals surface area contributed by atoms with Crippen LogP contribution in [-0.2, 0) is 39.0 Å². The van der Waals surface area contributed by atoms with Gasteiger partial charge in [-0.3, -0.25) is 0 Å². The first-order valence-corrected chi connectivity index (χ1v) is 11.7. The van der Waals surface area contributed by atoms with Gasteiger partial charge in [-0.25, -0.2) is 0 Å². The average Bonchev–Trinajstić information content (AvgIpc) is 2.46. The van der Waals surface area contributed by atoms with Crippen LogP contribution in [0.4, 0.5) is 0 Å². The van der Waals surface area contributed by atoms with E-state index in [1.54, 1.807) is 33.4 Å². The van der Waals surface area contributed by atoms with Crippen LogP contribution < -0.4 is 0 Å². The van der Waals surface area contributed by atoms with Crippen molar-refractivity contribution in [2.45, 2.75) is 52.9 Å². The van der Waals surface area contributed by atoms with E-state index in [1.165, 1.54) is 0 Å². The molecule has 0 radical (unpaired) electrons. The van der Waals surface area contributed by atoms with Crippen LogP contribution in [0.3, 0.4) is 0 Å². The van der Waals surface area contributed by atoms with Gasteiger partial charge in [-0.05, 0) is 24.0 Å². The zero-order chi connectivity index (χ0) is 23.7. The molecule has 1 rings (SSSR count). The molecule has 1 aromatic carbocycles. The Morgan fingerprint density at radius 3 is 0.600 bits per heavy atom. The van der Waals surface area contributed by atoms with Crippen molar-refractivity contribution >= 4 is 0 Å². The molecule has 0 N–H and O–H groups in total. The topological polar surface area (TPSA) is 0 Å². The first kappa shape index (κ1) is 27.1. The number of nitrogens with zero attached hydrogens (tertiary/aromatic N) is 4. The second-order valence-electron chi connectivity index (χ2n) is 13.4. The van der Waals surface area contributed by atoms with Crippen LogP contribution >= 0.6 is 0 Å². The predicted molar refractivity (Wildman–Crippen MR) is 132 cm³/mol. The van der Waals surface area contributed by atoms with Crippen molar-refractivity contribution in [2.75, 3.05) is 84.6 Å². The molecule has 0 amide bonds. The van der Waals surface area contributed by atoms with E-state index in [2.05, 4.69) is 98.4 Å². The van der Waals surface area contributed by atoms with E-state index in [4.69, 9.17) is 0 Å². The SMILES string of the molecule is CCc1c(C[N+](C)(C)C)c(C[N+](C)(C)C)c(CC)c(C[N+](C)(C)C)c1C[N+](C)(C)C. The van der Waals surface area contributed by atoms with E-state index in [-0.39, 0.29) is 0 Å². The summed E-state index contributed by atoms with van der Waals surface area (Å²) in [5, 5.41) is 0. The summed E-state index contributed by atoms with van der Waals surface area (Å²) in [4.78, 5) is 0. The molecule has 0 aliphatic heterocycles. The van der Waals surface area contributed by atoms with E-state index >= 15 is 0 Å². The minimum Gasteiger partial charge on any atom is -0.327 e. The summed E-state index contributed by atoms with van der Waals surface area (Å²) in [7, 11) is 28.0. The summed E-state index contributed by atoms with van der Waals surface area (Å²) in [6.07, 6.45) is 2.23. The Morgan fingerprint density at radius 1 is 0.333 bits per heavy atom. The monoisotopic (exact) mass is 422 g/mol. The fraction of sp³-hybridized carbons (Fsp3) is 0.769. The summed E-state index contributed by atoms with van der Waals surface area (Å²) in [6.45, 7) is 9.12. The zero-order valence-electron chi connectivity index (χ0n) is 23.0. The van der Waals surface area contributed by atoms with E-state index in [9.17, 15) is 0 Å². The van der Waals surface area contributed by atoms with Crippen molar-refractivity contribution in [3.63, 3.8) is 0 Å². The highest BCUT2D eigenvalue weighted by Gasteiger charge is 2.31. The molecule has 0 unspecified atom stereocenters. The molecule has 174 valence electrons. The van der Waals surface area contributed by atoms with Gasteiger partial charge in [0.05, 0.1) is 84.6 Å². The molecule has 4 heteroatoms. The number of hydrogen-bond donors (Lipinski definition) is 0. The summed E-state index contributed by atoms with van der Waals surface area (Å²) in [5.74, 6) is 0. The molecule has 4 nitrogen and oxygen atoms in total. The molecule has 0 saturated carbocycles. The van der Waals surface area contributed by atoms with Gasteiger partial charge in [0.25, 0.3) is 0 Å². The van der Waals surface area contributed by atoms with Crippen LogP contribution in [-0.4, -0.2) is 103 Å². The van der Waals surface area contributed by atoms with Crippen LogP contribution in [0.15, 0.2) is 0 Å². The molecule has 0 aliphatic rings. The Kier molecular flexibility index (Phi) is 8.38. The highest BCUT2D eigenvalue weighted by Crippen LogP contribution is 2.35. The van der Waals surface area contributed by atoms with E-state index in [1.807, 2.05) is 0 Å². The van der Waals surface area contributed by atoms with Gasteiger partial charge in [-0.15, -0.1) is 0 Å². The second kappa shape index (κ2) is 9.28. The maximum absolute atomic E-state index is 2.37. The third-order valence-corrected chi connectivity index (χ3v) is 5.42. The quantitative estimate of drug-likeness (QED) is 0.505. The van der Waals surface area contributed by atoms with Crippen LogP contribution in [0.1, 0.15) is 47.2 Å². The lowest BCUT2D eigenvalue weighted by molar-refractivity contribution is -0.888. The molecule has 0 saturated heterocycles. The first-order valence-electron chi connectivity index (χ1n) is 11.7. The second-order valence-corrected chi connectivity index (χ2v) is 13.4. The predicted octanol–water partition coefficient (Wildman–Crippen LogP) is 3.64. The molecule has 0 heterocycles. The molecule has 0 atom stereocenters. The zero-order valence-corrected chi connectivity index (χ0v) is 23.0. The summed E-state index contributed by atoms with van der Waals surface area (Å²) in [6, 6.07) is 0. The normalized spacial score (nSPS) is 13.8. The summed E-state index contributed by atoms with van der Waals surface area (Å²) in [5.41, 5.74) is 9.76. The van der Waals surface area contributed by atoms with Gasteiger partial charge >= 0.3 is 0 Å². The number of hydrogen-bond acceptors (Lipinski definition) is 0. The van der Waals surface area contributed by atoms with Gasteiger partial charge in [0.15, 0.2) is 0 Å². The minimum atomic E-state index is 0.971. The molecule has 0 bridgehead atoms. The fourth-order valence-corrected chi connectivity index (χ4v) is 4.61. The van der Waals surface area contributed by atoms with Gasteiger partial charge in [0.2, 0.25) is 0 Å². The van der Waals surface area contributed by atoms with E-state index in [0.717, 1.165) is 57.0 Å². The van der Waals surface area contributed by atoms with Gasteiger partial charge < -0.3 is 17.9 Å². The lowest BCUT2D eigenvalue weighted by Gasteiger charge is -2.36. The van der Waals surface area contributed by atoms with Crippen molar-refractivity contribution in [1.29, 1.82) is 0 Å². The van der Waals surface area contributed by atoms with Gasteiger partial charge in [-0.2, -0.15) is 0 Å². The van der Waals surface area contributed by atoms with Crippen LogP contribution in [0, 0.1) is 0 Å². The molecular formula is C26H54N4+4. The molecule has 30 heavy (non-hydrogen) atoms. The molecule has 0 spiro atoms. The summed E-state index contributed by atoms with van der Waals surface area (Å²) >= 11 is 0. The standard InChI is InChI=1S/C26H54N4/c1-15-21-23(17-27(3,4)5)25(19-29(9,10)11)22(16-2)26(20-30(12,13)14)24(21)18-28(6,7)8/h15-20H2,1-14H3/q+4. The highest BCUT2D eigenvalue weighted by atomic mass is 15.3.